The Hall–Kier alpha value is -2.28. The highest BCUT2D eigenvalue weighted by molar-refractivity contribution is 7.15. The molecule has 4 bridgehead atoms. The Kier molecular flexibility index (Phi) is 4.65. The molecule has 7 heteroatoms. The van der Waals surface area contributed by atoms with Gasteiger partial charge in [-0.3, -0.25) is 14.9 Å². The number of nitrogens with one attached hydrogen (secondary N) is 2. The van der Waals surface area contributed by atoms with E-state index in [1.807, 2.05) is 19.1 Å². The van der Waals surface area contributed by atoms with Crippen molar-refractivity contribution in [2.24, 2.45) is 23.2 Å². The number of hydrogen-bond acceptors (Lipinski definition) is 5. The summed E-state index contributed by atoms with van der Waals surface area (Å²) in [6.07, 6.45) is 7.26. The zero-order valence-corrected chi connectivity index (χ0v) is 17.4. The Morgan fingerprint density at radius 3 is 2.21 bits per heavy atom. The van der Waals surface area contributed by atoms with E-state index in [1.165, 1.54) is 30.6 Å². The van der Waals surface area contributed by atoms with Crippen molar-refractivity contribution >= 4 is 28.3 Å². The summed E-state index contributed by atoms with van der Waals surface area (Å²) in [5, 5.41) is 15.1. The minimum absolute atomic E-state index is 0.117. The van der Waals surface area contributed by atoms with Crippen molar-refractivity contribution in [2.45, 2.75) is 52.0 Å². The molecule has 0 spiro atoms. The highest BCUT2D eigenvalue weighted by atomic mass is 32.1. The monoisotopic (exact) mass is 410 g/mol. The van der Waals surface area contributed by atoms with Crippen LogP contribution in [0.2, 0.25) is 0 Å². The first-order chi connectivity index (χ1) is 14.0. The molecule has 29 heavy (non-hydrogen) atoms. The van der Waals surface area contributed by atoms with Gasteiger partial charge >= 0.3 is 0 Å². The number of rotatable bonds is 5. The van der Waals surface area contributed by atoms with Gasteiger partial charge in [0.15, 0.2) is 0 Å². The average molecular weight is 411 g/mol. The lowest BCUT2D eigenvalue weighted by Gasteiger charge is -2.55. The van der Waals surface area contributed by atoms with E-state index in [2.05, 4.69) is 20.8 Å². The molecule has 4 aliphatic carbocycles. The number of amides is 2. The first-order valence-electron chi connectivity index (χ1n) is 10.5. The molecule has 0 atom stereocenters. The van der Waals surface area contributed by atoms with Crippen LogP contribution in [0, 0.1) is 30.1 Å². The second kappa shape index (κ2) is 7.20. The molecule has 6 nitrogen and oxygen atoms in total. The van der Waals surface area contributed by atoms with Crippen LogP contribution in [0.1, 0.15) is 59.5 Å². The van der Waals surface area contributed by atoms with Crippen LogP contribution < -0.4 is 10.6 Å². The van der Waals surface area contributed by atoms with Crippen LogP contribution in [0.4, 0.5) is 5.13 Å². The maximum atomic E-state index is 13.1. The van der Waals surface area contributed by atoms with E-state index < -0.39 is 0 Å². The quantitative estimate of drug-likeness (QED) is 0.782. The number of hydrogen-bond donors (Lipinski definition) is 2. The fourth-order valence-electron chi connectivity index (χ4n) is 6.05. The lowest BCUT2D eigenvalue weighted by atomic mass is 9.49. The number of benzene rings is 1. The van der Waals surface area contributed by atoms with Gasteiger partial charge in [0.2, 0.25) is 11.0 Å². The highest BCUT2D eigenvalue weighted by Gasteiger charge is 2.54. The second-order valence-electron chi connectivity index (χ2n) is 9.16. The van der Waals surface area contributed by atoms with Gasteiger partial charge in [0.05, 0.1) is 0 Å². The van der Waals surface area contributed by atoms with Gasteiger partial charge in [-0.25, -0.2) is 0 Å². The molecule has 2 aromatic rings. The molecule has 6 rings (SSSR count). The van der Waals surface area contributed by atoms with E-state index in [9.17, 15) is 9.59 Å². The van der Waals surface area contributed by atoms with Crippen LogP contribution >= 0.6 is 11.3 Å². The minimum Gasteiger partial charge on any atom is -0.352 e. The van der Waals surface area contributed by atoms with Crippen molar-refractivity contribution in [3.05, 3.63) is 40.4 Å². The van der Waals surface area contributed by atoms with Crippen molar-refractivity contribution in [1.82, 2.24) is 15.5 Å². The minimum atomic E-state index is -0.203. The molecular weight excluding hydrogens is 384 g/mol. The Bertz CT molecular complexity index is 901. The summed E-state index contributed by atoms with van der Waals surface area (Å²) in [6.45, 7) is 2.36. The summed E-state index contributed by atoms with van der Waals surface area (Å²) in [7, 11) is 0. The van der Waals surface area contributed by atoms with Gasteiger partial charge in [0, 0.05) is 17.5 Å². The molecule has 1 aromatic heterocycles. The van der Waals surface area contributed by atoms with E-state index in [1.54, 1.807) is 12.1 Å². The summed E-state index contributed by atoms with van der Waals surface area (Å²) >= 11 is 1.35. The van der Waals surface area contributed by atoms with Crippen LogP contribution in [0.25, 0.3) is 0 Å². The summed E-state index contributed by atoms with van der Waals surface area (Å²) in [5.41, 5.74) is 1.45. The molecule has 4 aliphatic rings. The number of carbonyl (C=O) groups is 2. The van der Waals surface area contributed by atoms with Crippen molar-refractivity contribution in [2.75, 3.05) is 5.32 Å². The topological polar surface area (TPSA) is 84.0 Å². The zero-order chi connectivity index (χ0) is 20.0. The van der Waals surface area contributed by atoms with Crippen LogP contribution in [0.15, 0.2) is 24.3 Å². The van der Waals surface area contributed by atoms with Gasteiger partial charge in [-0.1, -0.05) is 23.5 Å². The summed E-state index contributed by atoms with van der Waals surface area (Å²) in [5.74, 6) is 2.33. The third-order valence-electron chi connectivity index (χ3n) is 6.94. The second-order valence-corrected chi connectivity index (χ2v) is 10.3. The van der Waals surface area contributed by atoms with Gasteiger partial charge in [-0.15, -0.1) is 10.2 Å². The smallest absolute Gasteiger partial charge is 0.257 e. The van der Waals surface area contributed by atoms with E-state index in [-0.39, 0.29) is 17.2 Å². The molecule has 0 aliphatic heterocycles. The first kappa shape index (κ1) is 18.7. The van der Waals surface area contributed by atoms with Crippen LogP contribution in [-0.2, 0) is 11.3 Å². The van der Waals surface area contributed by atoms with Gasteiger partial charge in [-0.2, -0.15) is 0 Å². The third-order valence-corrected chi connectivity index (χ3v) is 7.69. The SMILES string of the molecule is Cc1nnc(NC(=O)c2ccc(CNC(=O)C34CC5CC(CC(C5)C3)C4)cc2)s1. The summed E-state index contributed by atoms with van der Waals surface area (Å²) < 4.78 is 0. The Morgan fingerprint density at radius 1 is 1.03 bits per heavy atom. The first-order valence-corrected chi connectivity index (χ1v) is 11.3. The Labute approximate surface area is 174 Å². The van der Waals surface area contributed by atoms with Gasteiger partial charge in [-0.05, 0) is 80.9 Å². The van der Waals surface area contributed by atoms with Crippen LogP contribution in [0.3, 0.4) is 0 Å². The molecule has 1 heterocycles. The van der Waals surface area contributed by atoms with Gasteiger partial charge < -0.3 is 5.32 Å². The molecule has 0 saturated heterocycles. The van der Waals surface area contributed by atoms with Crippen LogP contribution in [-0.4, -0.2) is 22.0 Å². The largest absolute Gasteiger partial charge is 0.352 e. The fraction of sp³-hybridized carbons (Fsp3) is 0.545. The van der Waals surface area contributed by atoms with E-state index in [4.69, 9.17) is 0 Å². The van der Waals surface area contributed by atoms with Crippen molar-refractivity contribution < 1.29 is 9.59 Å². The molecule has 152 valence electrons. The predicted octanol–water partition coefficient (Wildman–Crippen LogP) is 3.93. The fourth-order valence-corrected chi connectivity index (χ4v) is 6.64. The van der Waals surface area contributed by atoms with Gasteiger partial charge in [0.1, 0.15) is 5.01 Å². The molecule has 4 saturated carbocycles. The third kappa shape index (κ3) is 3.68. The summed E-state index contributed by atoms with van der Waals surface area (Å²) in [6, 6.07) is 7.38. The van der Waals surface area contributed by atoms with Crippen molar-refractivity contribution in [3.63, 3.8) is 0 Å². The molecule has 1 aromatic carbocycles. The molecule has 4 fully saturated rings. The summed E-state index contributed by atoms with van der Waals surface area (Å²) in [4.78, 5) is 25.4. The normalized spacial score (nSPS) is 29.6. The van der Waals surface area contributed by atoms with E-state index in [0.29, 0.717) is 17.2 Å². The van der Waals surface area contributed by atoms with Gasteiger partial charge in [0.25, 0.3) is 5.91 Å². The number of anilines is 1. The molecular formula is C22H26N4O2S. The number of aromatic nitrogens is 2. The lowest BCUT2D eigenvalue weighted by Crippen LogP contribution is -2.53. The Morgan fingerprint density at radius 2 is 1.66 bits per heavy atom. The lowest BCUT2D eigenvalue weighted by molar-refractivity contribution is -0.146. The van der Waals surface area contributed by atoms with E-state index in [0.717, 1.165) is 47.6 Å². The molecule has 2 amide bonds. The Balaban J connectivity index is 1.18. The van der Waals surface area contributed by atoms with E-state index >= 15 is 0 Å². The van der Waals surface area contributed by atoms with Crippen molar-refractivity contribution in [1.29, 1.82) is 0 Å². The number of nitrogens with zero attached hydrogens (tertiary/aromatic N) is 2. The maximum absolute atomic E-state index is 13.1. The predicted molar refractivity (Wildman–Crippen MR) is 111 cm³/mol. The molecule has 0 unspecified atom stereocenters. The molecule has 0 radical (unpaired) electrons. The van der Waals surface area contributed by atoms with Crippen molar-refractivity contribution in [3.8, 4) is 0 Å². The standard InChI is InChI=1S/C22H26N4O2S/c1-13-25-26-21(29-13)24-19(27)18-4-2-14(3-5-18)12-23-20(28)22-9-15-6-16(10-22)8-17(7-15)11-22/h2-5,15-17H,6-12H2,1H3,(H,23,28)(H,24,26,27). The highest BCUT2D eigenvalue weighted by Crippen LogP contribution is 2.60. The number of aryl methyl sites for hydroxylation is 1. The maximum Gasteiger partial charge on any atom is 0.257 e. The average Bonchev–Trinajstić information content (AvgIpc) is 3.10. The van der Waals surface area contributed by atoms with Crippen LogP contribution in [0.5, 0.6) is 0 Å². The zero-order valence-electron chi connectivity index (χ0n) is 16.6. The number of carbonyl (C=O) groups excluding carboxylic acids is 2. The molecule has 2 N–H and O–H groups in total.